The zero-order chi connectivity index (χ0) is 23.1. The van der Waals surface area contributed by atoms with Crippen molar-refractivity contribution in [1.29, 1.82) is 0 Å². The molecule has 0 bridgehead atoms. The second-order valence-corrected chi connectivity index (χ2v) is 7.40. The Morgan fingerprint density at radius 2 is 1.88 bits per heavy atom. The Labute approximate surface area is 191 Å². The summed E-state index contributed by atoms with van der Waals surface area (Å²) in [6.45, 7) is 5.83. The first-order valence-corrected chi connectivity index (χ1v) is 10.4. The van der Waals surface area contributed by atoms with Crippen LogP contribution in [-0.4, -0.2) is 35.9 Å². The van der Waals surface area contributed by atoms with Gasteiger partial charge in [-0.1, -0.05) is 17.7 Å². The summed E-state index contributed by atoms with van der Waals surface area (Å²) in [7, 11) is 0. The van der Waals surface area contributed by atoms with E-state index in [2.05, 4.69) is 10.5 Å². The molecule has 3 aromatic rings. The third-order valence-corrected chi connectivity index (χ3v) is 4.91. The number of esters is 1. The fourth-order valence-electron chi connectivity index (χ4n) is 3.19. The molecule has 32 heavy (non-hydrogen) atoms. The maximum atomic E-state index is 12.1. The average Bonchev–Trinajstić information content (AvgIpc) is 3.06. The summed E-state index contributed by atoms with van der Waals surface area (Å²) in [4.78, 5) is 24.0. The van der Waals surface area contributed by atoms with Gasteiger partial charge >= 0.3 is 5.97 Å². The number of nitrogens with one attached hydrogen (secondary N) is 1. The number of carbonyl (C=O) groups is 2. The van der Waals surface area contributed by atoms with Gasteiger partial charge in [-0.05, 0) is 69.3 Å². The van der Waals surface area contributed by atoms with Gasteiger partial charge in [0.25, 0.3) is 5.91 Å². The first-order chi connectivity index (χ1) is 15.4. The number of halogens is 1. The number of hydrogen-bond acceptors (Lipinski definition) is 5. The molecule has 2 aromatic carbocycles. The van der Waals surface area contributed by atoms with Crippen molar-refractivity contribution in [2.45, 2.75) is 20.8 Å². The van der Waals surface area contributed by atoms with Gasteiger partial charge in [0.15, 0.2) is 6.61 Å². The molecule has 166 valence electrons. The molecule has 0 aliphatic heterocycles. The number of benzene rings is 2. The molecule has 7 nitrogen and oxygen atoms in total. The van der Waals surface area contributed by atoms with Crippen LogP contribution < -0.4 is 10.2 Å². The van der Waals surface area contributed by atoms with Crippen LogP contribution in [0.1, 0.15) is 34.2 Å². The molecule has 1 N–H and O–H groups in total. The fraction of sp³-hybridized carbons (Fsp3) is 0.208. The van der Waals surface area contributed by atoms with E-state index in [9.17, 15) is 9.59 Å². The normalized spacial score (nSPS) is 10.9. The highest BCUT2D eigenvalue weighted by atomic mass is 35.5. The molecule has 0 spiro atoms. The molecule has 1 aromatic heterocycles. The van der Waals surface area contributed by atoms with Crippen molar-refractivity contribution < 1.29 is 19.1 Å². The largest absolute Gasteiger partial charge is 0.484 e. The molecular formula is C24H24ClN3O4. The van der Waals surface area contributed by atoms with Crippen molar-refractivity contribution in [3.63, 3.8) is 0 Å². The summed E-state index contributed by atoms with van der Waals surface area (Å²) in [5.74, 6) is -0.198. The van der Waals surface area contributed by atoms with E-state index in [0.29, 0.717) is 22.9 Å². The number of aryl methyl sites for hydroxylation is 1. The van der Waals surface area contributed by atoms with E-state index < -0.39 is 0 Å². The van der Waals surface area contributed by atoms with Crippen LogP contribution in [0.4, 0.5) is 0 Å². The van der Waals surface area contributed by atoms with Crippen LogP contribution in [0.15, 0.2) is 59.7 Å². The summed E-state index contributed by atoms with van der Waals surface area (Å²) >= 11 is 5.82. The van der Waals surface area contributed by atoms with Gasteiger partial charge in [-0.3, -0.25) is 4.79 Å². The molecule has 0 fully saturated rings. The molecular weight excluding hydrogens is 430 g/mol. The van der Waals surface area contributed by atoms with E-state index in [-0.39, 0.29) is 18.5 Å². The van der Waals surface area contributed by atoms with Crippen molar-refractivity contribution in [2.75, 3.05) is 13.2 Å². The minimum absolute atomic E-state index is 0.168. The van der Waals surface area contributed by atoms with Crippen molar-refractivity contribution in [3.05, 3.63) is 82.1 Å². The van der Waals surface area contributed by atoms with Crippen LogP contribution in [0.25, 0.3) is 5.69 Å². The van der Waals surface area contributed by atoms with Gasteiger partial charge < -0.3 is 14.0 Å². The van der Waals surface area contributed by atoms with Gasteiger partial charge in [0, 0.05) is 27.7 Å². The van der Waals surface area contributed by atoms with Crippen molar-refractivity contribution >= 4 is 29.7 Å². The maximum Gasteiger partial charge on any atom is 0.338 e. The zero-order valence-electron chi connectivity index (χ0n) is 18.1. The van der Waals surface area contributed by atoms with Gasteiger partial charge in [-0.25, -0.2) is 10.2 Å². The lowest BCUT2D eigenvalue weighted by molar-refractivity contribution is -0.123. The van der Waals surface area contributed by atoms with Crippen LogP contribution in [0.2, 0.25) is 5.02 Å². The molecule has 3 rings (SSSR count). The van der Waals surface area contributed by atoms with Crippen LogP contribution in [-0.2, 0) is 9.53 Å². The number of hydrogen-bond donors (Lipinski definition) is 1. The van der Waals surface area contributed by atoms with Crippen LogP contribution in [0, 0.1) is 13.8 Å². The van der Waals surface area contributed by atoms with E-state index in [1.165, 1.54) is 0 Å². The molecule has 0 saturated carbocycles. The lowest BCUT2D eigenvalue weighted by Gasteiger charge is -2.11. The van der Waals surface area contributed by atoms with Gasteiger partial charge in [-0.15, -0.1) is 0 Å². The molecule has 8 heteroatoms. The lowest BCUT2D eigenvalue weighted by Crippen LogP contribution is -2.24. The average molecular weight is 454 g/mol. The second-order valence-electron chi connectivity index (χ2n) is 6.97. The summed E-state index contributed by atoms with van der Waals surface area (Å²) in [6, 6.07) is 15.9. The van der Waals surface area contributed by atoms with Crippen molar-refractivity contribution in [3.8, 4) is 11.4 Å². The molecule has 0 saturated heterocycles. The smallest absolute Gasteiger partial charge is 0.338 e. The van der Waals surface area contributed by atoms with Crippen LogP contribution in [0.3, 0.4) is 0 Å². The highest BCUT2D eigenvalue weighted by Gasteiger charge is 2.12. The molecule has 1 heterocycles. The van der Waals surface area contributed by atoms with Crippen molar-refractivity contribution in [2.24, 2.45) is 5.10 Å². The molecule has 0 unspecified atom stereocenters. The Kier molecular flexibility index (Phi) is 7.68. The van der Waals surface area contributed by atoms with Gasteiger partial charge in [0.05, 0.1) is 18.4 Å². The first kappa shape index (κ1) is 23.1. The van der Waals surface area contributed by atoms with Gasteiger partial charge in [-0.2, -0.15) is 5.10 Å². The molecule has 0 atom stereocenters. The fourth-order valence-corrected chi connectivity index (χ4v) is 3.31. The third kappa shape index (κ3) is 5.76. The number of rotatable bonds is 8. The zero-order valence-corrected chi connectivity index (χ0v) is 18.8. The highest BCUT2D eigenvalue weighted by Crippen LogP contribution is 2.21. The lowest BCUT2D eigenvalue weighted by atomic mass is 10.2. The monoisotopic (exact) mass is 453 g/mol. The number of aromatic nitrogens is 1. The topological polar surface area (TPSA) is 81.9 Å². The SMILES string of the molecule is CCOC(=O)c1cccc(-n2c(C)cc(/C=N\NC(=O)COc3ccc(Cl)cc3)c2C)c1. The standard InChI is InChI=1S/C24H24ClN3O4/c1-4-31-24(30)18-6-5-7-21(13-18)28-16(2)12-19(17(28)3)14-26-27-23(29)15-32-22-10-8-20(25)9-11-22/h5-14H,4,15H2,1-3H3,(H,27,29)/b26-14-. The highest BCUT2D eigenvalue weighted by molar-refractivity contribution is 6.30. The Morgan fingerprint density at radius 1 is 1.12 bits per heavy atom. The van der Waals surface area contributed by atoms with E-state index in [4.69, 9.17) is 21.1 Å². The van der Waals surface area contributed by atoms with Crippen molar-refractivity contribution in [1.82, 2.24) is 9.99 Å². The maximum absolute atomic E-state index is 12.1. The number of hydrazone groups is 1. The Morgan fingerprint density at radius 3 is 2.59 bits per heavy atom. The minimum atomic E-state index is -0.382. The van der Waals surface area contributed by atoms with E-state index in [1.54, 1.807) is 49.5 Å². The first-order valence-electron chi connectivity index (χ1n) is 10.1. The number of ether oxygens (including phenoxy) is 2. The van der Waals surface area contributed by atoms with Gasteiger partial charge in [0.2, 0.25) is 0 Å². The number of carbonyl (C=O) groups excluding carboxylic acids is 2. The van der Waals surface area contributed by atoms with Gasteiger partial charge in [0.1, 0.15) is 5.75 Å². The van der Waals surface area contributed by atoms with E-state index in [1.807, 2.05) is 36.6 Å². The molecule has 0 radical (unpaired) electrons. The Hall–Kier alpha value is -3.58. The van der Waals surface area contributed by atoms with E-state index in [0.717, 1.165) is 22.6 Å². The number of amides is 1. The molecule has 1 amide bonds. The van der Waals surface area contributed by atoms with E-state index >= 15 is 0 Å². The summed E-state index contributed by atoms with van der Waals surface area (Å²) in [5, 5.41) is 4.63. The predicted molar refractivity (Wildman–Crippen MR) is 124 cm³/mol. The predicted octanol–water partition coefficient (Wildman–Crippen LogP) is 4.45. The quantitative estimate of drug-likeness (QED) is 0.310. The third-order valence-electron chi connectivity index (χ3n) is 4.66. The Bertz CT molecular complexity index is 1140. The molecule has 0 aliphatic rings. The summed E-state index contributed by atoms with van der Waals surface area (Å²) in [6.07, 6.45) is 1.58. The molecule has 0 aliphatic carbocycles. The van der Waals surface area contributed by atoms with Crippen LogP contribution in [0.5, 0.6) is 5.75 Å². The minimum Gasteiger partial charge on any atom is -0.484 e. The summed E-state index contributed by atoms with van der Waals surface area (Å²) < 4.78 is 12.5. The Balaban J connectivity index is 1.66. The number of nitrogens with zero attached hydrogens (tertiary/aromatic N) is 2. The second kappa shape index (κ2) is 10.6. The summed E-state index contributed by atoms with van der Waals surface area (Å²) in [5.41, 5.74) is 6.49. The van der Waals surface area contributed by atoms with Crippen LogP contribution >= 0.6 is 11.6 Å².